The molecule has 2 aromatic carbocycles. The molecule has 126 valence electrons. The summed E-state index contributed by atoms with van der Waals surface area (Å²) in [5.41, 5.74) is 6.91. The maximum Gasteiger partial charge on any atom is 0.412 e. The van der Waals surface area contributed by atoms with Gasteiger partial charge in [-0.05, 0) is 51.1 Å². The molecule has 6 nitrogen and oxygen atoms in total. The molecule has 2 aromatic rings. The Balaban J connectivity index is 2.18. The van der Waals surface area contributed by atoms with Crippen LogP contribution in [0.15, 0.2) is 48.5 Å². The molecule has 0 aliphatic carbocycles. The molecule has 0 aromatic heterocycles. The summed E-state index contributed by atoms with van der Waals surface area (Å²) < 4.78 is 5.22. The van der Waals surface area contributed by atoms with Crippen LogP contribution in [0.25, 0.3) is 0 Å². The van der Waals surface area contributed by atoms with E-state index in [-0.39, 0.29) is 5.91 Å². The van der Waals surface area contributed by atoms with Gasteiger partial charge in [-0.3, -0.25) is 10.1 Å². The molecular formula is C18H21N3O3. The first kappa shape index (κ1) is 17.3. The van der Waals surface area contributed by atoms with Gasteiger partial charge in [-0.25, -0.2) is 4.79 Å². The highest BCUT2D eigenvalue weighted by Crippen LogP contribution is 2.26. The molecular weight excluding hydrogens is 306 g/mol. The molecule has 0 aliphatic heterocycles. The number of benzene rings is 2. The van der Waals surface area contributed by atoms with Crippen molar-refractivity contribution in [3.63, 3.8) is 0 Å². The van der Waals surface area contributed by atoms with Gasteiger partial charge in [0.05, 0.1) is 11.4 Å². The van der Waals surface area contributed by atoms with Crippen molar-refractivity contribution in [2.45, 2.75) is 26.4 Å². The van der Waals surface area contributed by atoms with Gasteiger partial charge < -0.3 is 15.8 Å². The minimum Gasteiger partial charge on any atom is -0.444 e. The van der Waals surface area contributed by atoms with E-state index in [0.717, 1.165) is 0 Å². The number of carbonyl (C=O) groups excluding carboxylic acids is 2. The fourth-order valence-electron chi connectivity index (χ4n) is 1.97. The molecule has 2 amide bonds. The molecule has 0 spiro atoms. The highest BCUT2D eigenvalue weighted by Gasteiger charge is 2.18. The number of hydrogen-bond donors (Lipinski definition) is 3. The summed E-state index contributed by atoms with van der Waals surface area (Å²) in [5.74, 6) is -0.285. The Hall–Kier alpha value is -3.02. The summed E-state index contributed by atoms with van der Waals surface area (Å²) in [4.78, 5) is 24.2. The predicted octanol–water partition coefficient (Wildman–Crippen LogP) is 3.87. The lowest BCUT2D eigenvalue weighted by Crippen LogP contribution is -2.27. The van der Waals surface area contributed by atoms with E-state index in [4.69, 9.17) is 10.5 Å². The molecule has 24 heavy (non-hydrogen) atoms. The van der Waals surface area contributed by atoms with Gasteiger partial charge in [0, 0.05) is 11.3 Å². The Morgan fingerprint density at radius 2 is 1.62 bits per heavy atom. The van der Waals surface area contributed by atoms with Crippen LogP contribution in [0.1, 0.15) is 31.1 Å². The summed E-state index contributed by atoms with van der Waals surface area (Å²) in [5, 5.41) is 5.37. The van der Waals surface area contributed by atoms with Crippen LogP contribution in [-0.4, -0.2) is 17.6 Å². The molecule has 2 rings (SSSR count). The van der Waals surface area contributed by atoms with Crippen LogP contribution >= 0.6 is 0 Å². The van der Waals surface area contributed by atoms with Crippen LogP contribution in [0.3, 0.4) is 0 Å². The number of nitrogen functional groups attached to an aromatic ring is 1. The van der Waals surface area contributed by atoms with Gasteiger partial charge in [-0.15, -0.1) is 0 Å². The summed E-state index contributed by atoms with van der Waals surface area (Å²) in [7, 11) is 0. The first-order chi connectivity index (χ1) is 11.2. The predicted molar refractivity (Wildman–Crippen MR) is 95.1 cm³/mol. The number of carbonyl (C=O) groups is 2. The van der Waals surface area contributed by atoms with E-state index in [2.05, 4.69) is 10.6 Å². The van der Waals surface area contributed by atoms with Crippen LogP contribution in [0.5, 0.6) is 0 Å². The molecule has 0 heterocycles. The summed E-state index contributed by atoms with van der Waals surface area (Å²) >= 11 is 0. The molecule has 0 radical (unpaired) electrons. The number of ether oxygens (including phenoxy) is 1. The molecule has 0 unspecified atom stereocenters. The van der Waals surface area contributed by atoms with Gasteiger partial charge in [0.25, 0.3) is 5.91 Å². The normalized spacial score (nSPS) is 10.8. The lowest BCUT2D eigenvalue weighted by atomic mass is 10.2. The number of hydrogen-bond acceptors (Lipinski definition) is 4. The number of nitrogens with one attached hydrogen (secondary N) is 2. The van der Waals surface area contributed by atoms with Crippen molar-refractivity contribution in [2.24, 2.45) is 0 Å². The van der Waals surface area contributed by atoms with E-state index in [1.54, 1.807) is 63.2 Å². The lowest BCUT2D eigenvalue weighted by molar-refractivity contribution is 0.0635. The summed E-state index contributed by atoms with van der Waals surface area (Å²) in [6, 6.07) is 13.6. The van der Waals surface area contributed by atoms with E-state index in [0.29, 0.717) is 22.6 Å². The molecule has 0 saturated carbocycles. The second-order valence-electron chi connectivity index (χ2n) is 6.25. The third kappa shape index (κ3) is 5.01. The zero-order valence-electron chi connectivity index (χ0n) is 13.9. The molecule has 0 fully saturated rings. The van der Waals surface area contributed by atoms with Crippen molar-refractivity contribution < 1.29 is 14.3 Å². The quantitative estimate of drug-likeness (QED) is 0.746. The van der Waals surface area contributed by atoms with E-state index in [1.807, 2.05) is 6.07 Å². The van der Waals surface area contributed by atoms with Crippen LogP contribution in [0, 0.1) is 0 Å². The molecule has 0 bridgehead atoms. The van der Waals surface area contributed by atoms with Gasteiger partial charge in [0.2, 0.25) is 0 Å². The maximum absolute atomic E-state index is 12.3. The van der Waals surface area contributed by atoms with E-state index >= 15 is 0 Å². The zero-order valence-corrected chi connectivity index (χ0v) is 13.9. The molecule has 0 atom stereocenters. The highest BCUT2D eigenvalue weighted by atomic mass is 16.6. The van der Waals surface area contributed by atoms with Gasteiger partial charge >= 0.3 is 6.09 Å². The molecule has 6 heteroatoms. The van der Waals surface area contributed by atoms with Crippen LogP contribution < -0.4 is 16.4 Å². The van der Waals surface area contributed by atoms with Gasteiger partial charge in [0.1, 0.15) is 5.60 Å². The maximum atomic E-state index is 12.3. The Bertz CT molecular complexity index is 737. The first-order valence-corrected chi connectivity index (χ1v) is 7.50. The van der Waals surface area contributed by atoms with Gasteiger partial charge in [-0.1, -0.05) is 18.2 Å². The van der Waals surface area contributed by atoms with E-state index in [9.17, 15) is 9.59 Å². The van der Waals surface area contributed by atoms with Crippen molar-refractivity contribution in [2.75, 3.05) is 16.4 Å². The minimum absolute atomic E-state index is 0.285. The van der Waals surface area contributed by atoms with Crippen molar-refractivity contribution in [1.29, 1.82) is 0 Å². The largest absolute Gasteiger partial charge is 0.444 e. The Labute approximate surface area is 141 Å². The second-order valence-corrected chi connectivity index (χ2v) is 6.25. The topological polar surface area (TPSA) is 93.4 Å². The second kappa shape index (κ2) is 7.04. The number of anilines is 3. The number of rotatable bonds is 3. The summed E-state index contributed by atoms with van der Waals surface area (Å²) in [6.45, 7) is 5.30. The molecule has 0 saturated heterocycles. The standard InChI is InChI=1S/C18H21N3O3/c1-18(2,3)24-17(23)21-15-11-13(19)9-10-14(15)20-16(22)12-7-5-4-6-8-12/h4-11H,19H2,1-3H3,(H,20,22)(H,21,23). The SMILES string of the molecule is CC(C)(C)OC(=O)Nc1cc(N)ccc1NC(=O)c1ccccc1. The Morgan fingerprint density at radius 1 is 0.958 bits per heavy atom. The van der Waals surface area contributed by atoms with Crippen LogP contribution in [0.4, 0.5) is 21.9 Å². The Morgan fingerprint density at radius 3 is 2.25 bits per heavy atom. The zero-order chi connectivity index (χ0) is 17.7. The van der Waals surface area contributed by atoms with E-state index < -0.39 is 11.7 Å². The number of amides is 2. The van der Waals surface area contributed by atoms with E-state index in [1.165, 1.54) is 0 Å². The molecule has 4 N–H and O–H groups in total. The van der Waals surface area contributed by atoms with Crippen molar-refractivity contribution in [3.8, 4) is 0 Å². The fraction of sp³-hybridized carbons (Fsp3) is 0.222. The smallest absolute Gasteiger partial charge is 0.412 e. The van der Waals surface area contributed by atoms with Crippen molar-refractivity contribution >= 4 is 29.1 Å². The van der Waals surface area contributed by atoms with Gasteiger partial charge in [0.15, 0.2) is 0 Å². The average molecular weight is 327 g/mol. The summed E-state index contributed by atoms with van der Waals surface area (Å²) in [6.07, 6.45) is -0.622. The average Bonchev–Trinajstić information content (AvgIpc) is 2.49. The fourth-order valence-corrected chi connectivity index (χ4v) is 1.97. The third-order valence-corrected chi connectivity index (χ3v) is 2.96. The van der Waals surface area contributed by atoms with Crippen LogP contribution in [0.2, 0.25) is 0 Å². The van der Waals surface area contributed by atoms with Crippen molar-refractivity contribution in [1.82, 2.24) is 0 Å². The minimum atomic E-state index is -0.627. The van der Waals surface area contributed by atoms with Gasteiger partial charge in [-0.2, -0.15) is 0 Å². The highest BCUT2D eigenvalue weighted by molar-refractivity contribution is 6.07. The van der Waals surface area contributed by atoms with Crippen LogP contribution in [-0.2, 0) is 4.74 Å². The number of nitrogens with two attached hydrogens (primary N) is 1. The van der Waals surface area contributed by atoms with Crippen molar-refractivity contribution in [3.05, 3.63) is 54.1 Å². The molecule has 0 aliphatic rings. The first-order valence-electron chi connectivity index (χ1n) is 7.50. The Kier molecular flexibility index (Phi) is 5.08. The lowest BCUT2D eigenvalue weighted by Gasteiger charge is -2.20. The monoisotopic (exact) mass is 327 g/mol. The third-order valence-electron chi connectivity index (χ3n) is 2.96.